The van der Waals surface area contributed by atoms with E-state index in [-0.39, 0.29) is 33.9 Å². The van der Waals surface area contributed by atoms with Gasteiger partial charge in [-0.15, -0.1) is 0 Å². The number of aromatic amines is 1. The van der Waals surface area contributed by atoms with Crippen LogP contribution in [0.4, 0.5) is 11.5 Å². The number of nitrogens with zero attached hydrogens (tertiary/aromatic N) is 1. The number of esters is 1. The van der Waals surface area contributed by atoms with Gasteiger partial charge in [0, 0.05) is 0 Å². The van der Waals surface area contributed by atoms with E-state index < -0.39 is 17.4 Å². The number of aromatic nitrogens is 2. The van der Waals surface area contributed by atoms with Gasteiger partial charge in [-0.1, -0.05) is 11.8 Å². The number of anilines is 2. The summed E-state index contributed by atoms with van der Waals surface area (Å²) in [6.07, 6.45) is 0. The Morgan fingerprint density at radius 2 is 2.04 bits per heavy atom. The molecule has 146 valence electrons. The van der Waals surface area contributed by atoms with Gasteiger partial charge in [-0.2, -0.15) is 0 Å². The summed E-state index contributed by atoms with van der Waals surface area (Å²) in [5.41, 5.74) is 4.99. The molecule has 10 nitrogen and oxygen atoms in total. The molecule has 0 saturated carbocycles. The molecule has 3 aromatic rings. The molecule has 0 bridgehead atoms. The van der Waals surface area contributed by atoms with E-state index in [0.29, 0.717) is 10.4 Å². The zero-order chi connectivity index (χ0) is 20.3. The summed E-state index contributed by atoms with van der Waals surface area (Å²) in [7, 11) is 1.25. The average Bonchev–Trinajstić information content (AvgIpc) is 3.31. The van der Waals surface area contributed by atoms with Crippen molar-refractivity contribution in [1.82, 2.24) is 9.97 Å². The number of ether oxygens (including phenoxy) is 1. The van der Waals surface area contributed by atoms with E-state index in [1.54, 1.807) is 12.1 Å². The van der Waals surface area contributed by atoms with Crippen molar-refractivity contribution in [1.29, 1.82) is 0 Å². The molecule has 0 saturated heterocycles. The Kier molecular flexibility index (Phi) is 5.90. The van der Waals surface area contributed by atoms with Crippen LogP contribution >= 0.6 is 27.7 Å². The van der Waals surface area contributed by atoms with Crippen molar-refractivity contribution in [3.05, 3.63) is 56.6 Å². The minimum Gasteiger partial charge on any atom is -0.463 e. The summed E-state index contributed by atoms with van der Waals surface area (Å²) in [6, 6.07) is 6.07. The van der Waals surface area contributed by atoms with Crippen LogP contribution in [0.2, 0.25) is 0 Å². The van der Waals surface area contributed by atoms with Crippen molar-refractivity contribution in [2.24, 2.45) is 0 Å². The second-order valence-electron chi connectivity index (χ2n) is 5.24. The van der Waals surface area contributed by atoms with Gasteiger partial charge in [0.1, 0.15) is 5.76 Å². The number of thioether (sulfide) groups is 1. The summed E-state index contributed by atoms with van der Waals surface area (Å²) in [6.45, 7) is 0. The lowest BCUT2D eigenvalue weighted by atomic mass is 10.4. The van der Waals surface area contributed by atoms with Crippen LogP contribution in [-0.2, 0) is 10.5 Å². The molecule has 0 unspecified atom stereocenters. The molecule has 0 aliphatic heterocycles. The number of rotatable bonds is 6. The van der Waals surface area contributed by atoms with Crippen LogP contribution in [0, 0.1) is 0 Å². The number of nitrogens with two attached hydrogens (primary N) is 1. The summed E-state index contributed by atoms with van der Waals surface area (Å²) in [5.74, 6) is -0.546. The second-order valence-corrected chi connectivity index (χ2v) is 6.98. The number of furan rings is 2. The highest BCUT2D eigenvalue weighted by atomic mass is 79.9. The van der Waals surface area contributed by atoms with Gasteiger partial charge in [0.15, 0.2) is 27.1 Å². The predicted octanol–water partition coefficient (Wildman–Crippen LogP) is 2.63. The number of nitrogens with one attached hydrogen (secondary N) is 2. The number of halogens is 1. The number of hydrogen-bond donors (Lipinski definition) is 3. The largest absolute Gasteiger partial charge is 0.463 e. The van der Waals surface area contributed by atoms with Gasteiger partial charge in [0.2, 0.25) is 5.76 Å². The number of H-pyrrole nitrogens is 1. The highest BCUT2D eigenvalue weighted by Gasteiger charge is 2.17. The minimum atomic E-state index is -0.643. The zero-order valence-corrected chi connectivity index (χ0v) is 16.7. The van der Waals surface area contributed by atoms with Crippen molar-refractivity contribution < 1.29 is 23.2 Å². The topological polar surface area (TPSA) is 153 Å². The third-order valence-corrected chi connectivity index (χ3v) is 4.68. The van der Waals surface area contributed by atoms with E-state index >= 15 is 0 Å². The Labute approximate surface area is 170 Å². The second kappa shape index (κ2) is 8.35. The van der Waals surface area contributed by atoms with Gasteiger partial charge < -0.3 is 24.6 Å². The van der Waals surface area contributed by atoms with Crippen LogP contribution in [0.1, 0.15) is 26.9 Å². The Bertz CT molecular complexity index is 1090. The zero-order valence-electron chi connectivity index (χ0n) is 14.3. The van der Waals surface area contributed by atoms with Gasteiger partial charge in [0.25, 0.3) is 11.5 Å². The van der Waals surface area contributed by atoms with Crippen molar-refractivity contribution in [3.63, 3.8) is 0 Å². The lowest BCUT2D eigenvalue weighted by Crippen LogP contribution is -2.22. The maximum Gasteiger partial charge on any atom is 0.373 e. The smallest absolute Gasteiger partial charge is 0.373 e. The fourth-order valence-electron chi connectivity index (χ4n) is 2.08. The number of amides is 1. The van der Waals surface area contributed by atoms with Crippen LogP contribution in [0.3, 0.4) is 0 Å². The van der Waals surface area contributed by atoms with Crippen LogP contribution in [-0.4, -0.2) is 29.0 Å². The summed E-state index contributed by atoms with van der Waals surface area (Å²) in [5, 5.41) is 2.59. The molecule has 28 heavy (non-hydrogen) atoms. The molecular weight excluding hydrogens is 456 g/mol. The standard InChI is InChI=1S/C16H13BrN4O6S/c1-25-15(24)9-3-2-7(26-9)6-28-16-20-12(18)11(14(23)21-16)19-13(22)8-4-5-10(17)27-8/h2-5H,6H2,1H3,(H,19,22)(H3,18,20,21,23). The van der Waals surface area contributed by atoms with Gasteiger partial charge in [-0.3, -0.25) is 14.6 Å². The maximum absolute atomic E-state index is 12.2. The normalized spacial score (nSPS) is 10.6. The minimum absolute atomic E-state index is 0.00311. The number of methoxy groups -OCH3 is 1. The van der Waals surface area contributed by atoms with E-state index in [4.69, 9.17) is 14.6 Å². The average molecular weight is 469 g/mol. The molecule has 0 radical (unpaired) electrons. The van der Waals surface area contributed by atoms with Gasteiger partial charge in [-0.05, 0) is 40.2 Å². The molecule has 0 aliphatic carbocycles. The maximum atomic E-state index is 12.2. The number of hydrogen-bond acceptors (Lipinski definition) is 9. The summed E-state index contributed by atoms with van der Waals surface area (Å²) < 4.78 is 15.4. The highest BCUT2D eigenvalue weighted by molar-refractivity contribution is 9.10. The van der Waals surface area contributed by atoms with Crippen molar-refractivity contribution in [3.8, 4) is 0 Å². The quantitative estimate of drug-likeness (QED) is 0.281. The first-order valence-electron chi connectivity index (χ1n) is 7.63. The monoisotopic (exact) mass is 468 g/mol. The molecule has 0 fully saturated rings. The number of carbonyl (C=O) groups excluding carboxylic acids is 2. The van der Waals surface area contributed by atoms with E-state index in [0.717, 1.165) is 11.8 Å². The predicted molar refractivity (Wildman–Crippen MR) is 103 cm³/mol. The van der Waals surface area contributed by atoms with Gasteiger partial charge in [-0.25, -0.2) is 9.78 Å². The first-order valence-corrected chi connectivity index (χ1v) is 9.41. The summed E-state index contributed by atoms with van der Waals surface area (Å²) >= 11 is 4.22. The van der Waals surface area contributed by atoms with Crippen LogP contribution < -0.4 is 16.6 Å². The van der Waals surface area contributed by atoms with E-state index in [9.17, 15) is 14.4 Å². The SMILES string of the molecule is COC(=O)c1ccc(CSc2nc(N)c(NC(=O)c3ccc(Br)o3)c(=O)[nH]2)o1. The molecule has 0 aliphatic rings. The van der Waals surface area contributed by atoms with E-state index in [2.05, 4.69) is 36.0 Å². The molecule has 3 aromatic heterocycles. The molecule has 0 aromatic carbocycles. The van der Waals surface area contributed by atoms with E-state index in [1.165, 1.54) is 19.2 Å². The van der Waals surface area contributed by atoms with Gasteiger partial charge in [0.05, 0.1) is 12.9 Å². The lowest BCUT2D eigenvalue weighted by molar-refractivity contribution is 0.0563. The highest BCUT2D eigenvalue weighted by Crippen LogP contribution is 2.23. The van der Waals surface area contributed by atoms with Crippen molar-refractivity contribution in [2.45, 2.75) is 10.9 Å². The Morgan fingerprint density at radius 3 is 2.68 bits per heavy atom. The van der Waals surface area contributed by atoms with E-state index in [1.807, 2.05) is 0 Å². The lowest BCUT2D eigenvalue weighted by Gasteiger charge is -2.07. The first kappa shape index (κ1) is 19.8. The molecule has 0 spiro atoms. The third kappa shape index (κ3) is 4.46. The third-order valence-electron chi connectivity index (χ3n) is 3.36. The summed E-state index contributed by atoms with van der Waals surface area (Å²) in [4.78, 5) is 42.3. The van der Waals surface area contributed by atoms with Crippen LogP contribution in [0.5, 0.6) is 0 Å². The molecule has 12 heteroatoms. The fraction of sp³-hybridized carbons (Fsp3) is 0.125. The Morgan fingerprint density at radius 1 is 1.29 bits per heavy atom. The Hall–Kier alpha value is -2.99. The molecular formula is C16H13BrN4O6S. The fourth-order valence-corrected chi connectivity index (χ4v) is 3.14. The molecule has 0 atom stereocenters. The van der Waals surface area contributed by atoms with Gasteiger partial charge >= 0.3 is 5.97 Å². The number of carbonyl (C=O) groups is 2. The van der Waals surface area contributed by atoms with Crippen LogP contribution in [0.25, 0.3) is 0 Å². The Balaban J connectivity index is 1.69. The molecule has 3 rings (SSSR count). The molecule has 1 amide bonds. The van der Waals surface area contributed by atoms with Crippen LogP contribution in [0.15, 0.2) is 47.7 Å². The van der Waals surface area contributed by atoms with Crippen molar-refractivity contribution in [2.75, 3.05) is 18.2 Å². The molecule has 3 heterocycles. The first-order chi connectivity index (χ1) is 13.4. The number of nitrogen functional groups attached to an aromatic ring is 1. The molecule has 4 N–H and O–H groups in total. The van der Waals surface area contributed by atoms with Crippen molar-refractivity contribution >= 4 is 51.1 Å².